The van der Waals surface area contributed by atoms with Crippen molar-refractivity contribution >= 4 is 0 Å². The van der Waals surface area contributed by atoms with E-state index in [0.29, 0.717) is 0 Å². The zero-order chi connectivity index (χ0) is 13.9. The molecule has 108 valence electrons. The van der Waals surface area contributed by atoms with Crippen LogP contribution < -0.4 is 5.73 Å². The Morgan fingerprint density at radius 1 is 1.26 bits per heavy atom. The van der Waals surface area contributed by atoms with E-state index in [1.54, 1.807) is 6.33 Å². The molecule has 0 aromatic carbocycles. The van der Waals surface area contributed by atoms with Gasteiger partial charge in [-0.05, 0) is 39.8 Å². The summed E-state index contributed by atoms with van der Waals surface area (Å²) < 4.78 is 1.82. The average molecular weight is 265 g/mol. The Bertz CT molecular complexity index is 390. The van der Waals surface area contributed by atoms with Gasteiger partial charge in [0.2, 0.25) is 0 Å². The molecule has 0 saturated carbocycles. The predicted octanol–water partition coefficient (Wildman–Crippen LogP) is 1.34. The van der Waals surface area contributed by atoms with Crippen LogP contribution in [-0.2, 0) is 13.5 Å². The van der Waals surface area contributed by atoms with Crippen molar-refractivity contribution in [2.45, 2.75) is 57.5 Å². The number of nitrogens with zero attached hydrogens (tertiary/aromatic N) is 4. The van der Waals surface area contributed by atoms with Crippen LogP contribution in [0.15, 0.2) is 6.33 Å². The van der Waals surface area contributed by atoms with Crippen LogP contribution in [0.3, 0.4) is 0 Å². The maximum atomic E-state index is 6.47. The number of aryl methyl sites for hydroxylation is 1. The molecule has 0 radical (unpaired) electrons. The Balaban J connectivity index is 2.02. The quantitative estimate of drug-likeness (QED) is 0.892. The number of nitrogens with two attached hydrogens (primary N) is 1. The van der Waals surface area contributed by atoms with Gasteiger partial charge in [0.1, 0.15) is 12.2 Å². The van der Waals surface area contributed by atoms with Crippen molar-refractivity contribution in [3.05, 3.63) is 12.2 Å². The maximum absolute atomic E-state index is 6.47. The zero-order valence-electron chi connectivity index (χ0n) is 12.5. The fraction of sp³-hybridized carbons (Fsp3) is 0.857. The second-order valence-corrected chi connectivity index (χ2v) is 6.17. The van der Waals surface area contributed by atoms with Crippen molar-refractivity contribution in [3.63, 3.8) is 0 Å². The summed E-state index contributed by atoms with van der Waals surface area (Å²) in [7, 11) is 1.92. The molecule has 1 aromatic heterocycles. The molecule has 0 aliphatic carbocycles. The molecule has 5 nitrogen and oxygen atoms in total. The molecule has 1 aliphatic heterocycles. The summed E-state index contributed by atoms with van der Waals surface area (Å²) in [4.78, 5) is 6.84. The van der Waals surface area contributed by atoms with E-state index < -0.39 is 0 Å². The third kappa shape index (κ3) is 3.34. The van der Waals surface area contributed by atoms with Gasteiger partial charge in [-0.1, -0.05) is 12.8 Å². The molecule has 1 atom stereocenters. The normalized spacial score (nSPS) is 20.2. The minimum atomic E-state index is 0.0102. The topological polar surface area (TPSA) is 60.0 Å². The summed E-state index contributed by atoms with van der Waals surface area (Å²) >= 11 is 0. The number of rotatable bonds is 4. The third-order valence-corrected chi connectivity index (χ3v) is 4.54. The number of hydrogen-bond donors (Lipinski definition) is 1. The van der Waals surface area contributed by atoms with Crippen LogP contribution >= 0.6 is 0 Å². The van der Waals surface area contributed by atoms with Crippen molar-refractivity contribution in [1.29, 1.82) is 0 Å². The van der Waals surface area contributed by atoms with Crippen LogP contribution in [0.4, 0.5) is 0 Å². The Kier molecular flexibility index (Phi) is 4.58. The SMILES string of the molecule is Cn1ncnc1CC(N)C(C)(C)N1CCCCCC1. The largest absolute Gasteiger partial charge is 0.326 e. The molecular formula is C14H27N5. The highest BCUT2D eigenvalue weighted by molar-refractivity contribution is 4.99. The van der Waals surface area contributed by atoms with E-state index >= 15 is 0 Å². The second kappa shape index (κ2) is 6.01. The second-order valence-electron chi connectivity index (χ2n) is 6.17. The van der Waals surface area contributed by atoms with Gasteiger partial charge in [0.25, 0.3) is 0 Å². The van der Waals surface area contributed by atoms with Crippen molar-refractivity contribution in [2.75, 3.05) is 13.1 Å². The van der Waals surface area contributed by atoms with Crippen LogP contribution in [0.1, 0.15) is 45.4 Å². The van der Waals surface area contributed by atoms with Gasteiger partial charge in [-0.25, -0.2) is 4.98 Å². The molecule has 0 amide bonds. The molecule has 2 rings (SSSR count). The first kappa shape index (κ1) is 14.5. The van der Waals surface area contributed by atoms with E-state index in [-0.39, 0.29) is 11.6 Å². The molecule has 2 N–H and O–H groups in total. The van der Waals surface area contributed by atoms with E-state index in [1.807, 2.05) is 11.7 Å². The lowest BCUT2D eigenvalue weighted by Crippen LogP contribution is -2.57. The molecular weight excluding hydrogens is 238 g/mol. The molecule has 19 heavy (non-hydrogen) atoms. The number of aromatic nitrogens is 3. The number of likely N-dealkylation sites (tertiary alicyclic amines) is 1. The molecule has 1 unspecified atom stereocenters. The lowest BCUT2D eigenvalue weighted by Gasteiger charge is -2.42. The maximum Gasteiger partial charge on any atom is 0.138 e. The smallest absolute Gasteiger partial charge is 0.138 e. The first-order valence-electron chi connectivity index (χ1n) is 7.35. The first-order valence-corrected chi connectivity index (χ1v) is 7.35. The Labute approximate surface area is 116 Å². The minimum absolute atomic E-state index is 0.0102. The highest BCUT2D eigenvalue weighted by atomic mass is 15.3. The molecule has 0 bridgehead atoms. The highest BCUT2D eigenvalue weighted by Crippen LogP contribution is 2.24. The van der Waals surface area contributed by atoms with Crippen LogP contribution in [0, 0.1) is 0 Å². The lowest BCUT2D eigenvalue weighted by atomic mass is 9.90. The van der Waals surface area contributed by atoms with E-state index in [4.69, 9.17) is 5.73 Å². The summed E-state index contributed by atoms with van der Waals surface area (Å²) in [5.41, 5.74) is 6.48. The van der Waals surface area contributed by atoms with E-state index in [9.17, 15) is 0 Å². The predicted molar refractivity (Wildman–Crippen MR) is 76.8 cm³/mol. The molecule has 1 aliphatic rings. The van der Waals surface area contributed by atoms with Crippen molar-refractivity contribution in [3.8, 4) is 0 Å². The summed E-state index contributed by atoms with van der Waals surface area (Å²) in [6.45, 7) is 6.86. The van der Waals surface area contributed by atoms with Gasteiger partial charge in [0.15, 0.2) is 0 Å². The first-order chi connectivity index (χ1) is 9.01. The minimum Gasteiger partial charge on any atom is -0.326 e. The molecule has 1 fully saturated rings. The summed E-state index contributed by atoms with van der Waals surface area (Å²) in [5.74, 6) is 0.968. The van der Waals surface area contributed by atoms with E-state index in [0.717, 1.165) is 12.2 Å². The average Bonchev–Trinajstić information content (AvgIpc) is 2.64. The van der Waals surface area contributed by atoms with Gasteiger partial charge in [-0.2, -0.15) is 5.10 Å². The third-order valence-electron chi connectivity index (χ3n) is 4.54. The van der Waals surface area contributed by atoms with E-state index in [1.165, 1.54) is 38.8 Å². The van der Waals surface area contributed by atoms with Gasteiger partial charge in [-0.3, -0.25) is 9.58 Å². The molecule has 5 heteroatoms. The van der Waals surface area contributed by atoms with Crippen LogP contribution in [0.5, 0.6) is 0 Å². The van der Waals surface area contributed by atoms with Crippen molar-refractivity contribution in [1.82, 2.24) is 19.7 Å². The molecule has 1 aromatic rings. The van der Waals surface area contributed by atoms with Gasteiger partial charge in [0.05, 0.1) is 0 Å². The fourth-order valence-corrected chi connectivity index (χ4v) is 2.83. The molecule has 1 saturated heterocycles. The van der Waals surface area contributed by atoms with Gasteiger partial charge >= 0.3 is 0 Å². The summed E-state index contributed by atoms with van der Waals surface area (Å²) in [6, 6.07) is 0.0773. The van der Waals surface area contributed by atoms with Crippen LogP contribution in [0.2, 0.25) is 0 Å². The highest BCUT2D eigenvalue weighted by Gasteiger charge is 2.33. The lowest BCUT2D eigenvalue weighted by molar-refractivity contribution is 0.0969. The molecule has 2 heterocycles. The summed E-state index contributed by atoms with van der Waals surface area (Å²) in [5, 5.41) is 4.12. The van der Waals surface area contributed by atoms with Crippen molar-refractivity contribution in [2.24, 2.45) is 12.8 Å². The number of hydrogen-bond acceptors (Lipinski definition) is 4. The molecule has 0 spiro atoms. The fourth-order valence-electron chi connectivity index (χ4n) is 2.83. The van der Waals surface area contributed by atoms with Crippen molar-refractivity contribution < 1.29 is 0 Å². The van der Waals surface area contributed by atoms with Crippen LogP contribution in [-0.4, -0.2) is 44.3 Å². The zero-order valence-corrected chi connectivity index (χ0v) is 12.5. The Hall–Kier alpha value is -0.940. The van der Waals surface area contributed by atoms with Gasteiger partial charge in [0, 0.05) is 25.0 Å². The Morgan fingerprint density at radius 3 is 2.42 bits per heavy atom. The van der Waals surface area contributed by atoms with E-state index in [2.05, 4.69) is 28.8 Å². The van der Waals surface area contributed by atoms with Gasteiger partial charge < -0.3 is 5.73 Å². The standard InChI is InChI=1S/C14H27N5/c1-14(2,19-8-6-4-5-7-9-19)12(15)10-13-16-11-17-18(13)3/h11-12H,4-10,15H2,1-3H3. The van der Waals surface area contributed by atoms with Crippen LogP contribution in [0.25, 0.3) is 0 Å². The summed E-state index contributed by atoms with van der Waals surface area (Å²) in [6.07, 6.45) is 7.66. The monoisotopic (exact) mass is 265 g/mol. The Morgan fingerprint density at radius 2 is 1.89 bits per heavy atom. The van der Waals surface area contributed by atoms with Gasteiger partial charge in [-0.15, -0.1) is 0 Å².